The summed E-state index contributed by atoms with van der Waals surface area (Å²) in [6, 6.07) is 1.88. The van der Waals surface area contributed by atoms with Crippen LogP contribution in [-0.4, -0.2) is 37.3 Å². The Bertz CT molecular complexity index is 816. The van der Waals surface area contributed by atoms with Crippen molar-refractivity contribution in [1.82, 2.24) is 15.2 Å². The number of hydrogen-bond donors (Lipinski definition) is 4. The van der Waals surface area contributed by atoms with Crippen LogP contribution in [0, 0.1) is 11.8 Å². The molecule has 7 nitrogen and oxygen atoms in total. The van der Waals surface area contributed by atoms with Gasteiger partial charge in [0.15, 0.2) is 11.3 Å². The summed E-state index contributed by atoms with van der Waals surface area (Å²) in [4.78, 5) is 14.9. The fraction of sp³-hybridized carbons (Fsp3) is 0.611. The first-order valence-corrected chi connectivity index (χ1v) is 8.93. The van der Waals surface area contributed by atoms with E-state index in [1.165, 1.54) is 0 Å². The number of aliphatic hydroxyl groups is 1. The summed E-state index contributed by atoms with van der Waals surface area (Å²) in [5.74, 6) is 0.219. The first-order valence-electron chi connectivity index (χ1n) is 8.93. The van der Waals surface area contributed by atoms with Gasteiger partial charge in [-0.15, -0.1) is 10.2 Å². The highest BCUT2D eigenvalue weighted by Gasteiger charge is 2.51. The van der Waals surface area contributed by atoms with Gasteiger partial charge in [0.05, 0.1) is 11.3 Å². The highest BCUT2D eigenvalue weighted by Crippen LogP contribution is 2.51. The molecule has 2 aliphatic rings. The molecule has 7 heteroatoms. The molecule has 1 amide bonds. The minimum Gasteiger partial charge on any atom is -0.390 e. The third kappa shape index (κ3) is 2.76. The number of anilines is 1. The number of carbonyl (C=O) groups excluding carboxylic acids is 1. The third-order valence-corrected chi connectivity index (χ3v) is 5.71. The number of nitrogens with two attached hydrogens (primary N) is 1. The summed E-state index contributed by atoms with van der Waals surface area (Å²) in [5, 5.41) is 23.5. The van der Waals surface area contributed by atoms with Gasteiger partial charge in [-0.05, 0) is 50.0 Å². The number of fused-ring (bicyclic) bond motifs is 3. The Hall–Kier alpha value is -2.15. The number of aromatic nitrogens is 3. The average Bonchev–Trinajstić information content (AvgIpc) is 2.92. The largest absolute Gasteiger partial charge is 0.390 e. The molecule has 2 aromatic heterocycles. The van der Waals surface area contributed by atoms with Gasteiger partial charge in [0.1, 0.15) is 0 Å². The van der Waals surface area contributed by atoms with E-state index in [0.717, 1.165) is 31.1 Å². The predicted molar refractivity (Wildman–Crippen MR) is 95.1 cm³/mol. The highest BCUT2D eigenvalue weighted by atomic mass is 16.3. The van der Waals surface area contributed by atoms with Crippen LogP contribution >= 0.6 is 0 Å². The molecule has 2 aromatic rings. The molecule has 0 radical (unpaired) electrons. The SMILES string of the molecule is C[C@@H]1CC2(O)C[C@H](C)C[C@](Nc3c(C(N)=O)nnc4[nH]ccc34)(C1)C2. The normalized spacial score (nSPS) is 34.8. The van der Waals surface area contributed by atoms with Gasteiger partial charge in [-0.3, -0.25) is 4.79 Å². The van der Waals surface area contributed by atoms with Crippen molar-refractivity contribution in [2.45, 2.75) is 57.1 Å². The molecule has 2 aliphatic carbocycles. The number of carbonyl (C=O) groups is 1. The van der Waals surface area contributed by atoms with Crippen molar-refractivity contribution in [2.24, 2.45) is 17.6 Å². The fourth-order valence-electron chi connectivity index (χ4n) is 5.49. The van der Waals surface area contributed by atoms with Crippen LogP contribution in [0.5, 0.6) is 0 Å². The summed E-state index contributed by atoms with van der Waals surface area (Å²) in [7, 11) is 0. The molecule has 0 spiro atoms. The summed E-state index contributed by atoms with van der Waals surface area (Å²) in [6.07, 6.45) is 6.02. The quantitative estimate of drug-likeness (QED) is 0.681. The second kappa shape index (κ2) is 5.42. The van der Waals surface area contributed by atoms with Crippen LogP contribution in [0.3, 0.4) is 0 Å². The van der Waals surface area contributed by atoms with E-state index in [2.05, 4.69) is 34.3 Å². The Kier molecular flexibility index (Phi) is 3.54. The van der Waals surface area contributed by atoms with E-state index < -0.39 is 11.5 Å². The van der Waals surface area contributed by atoms with Crippen LogP contribution in [0.2, 0.25) is 0 Å². The van der Waals surface area contributed by atoms with Crippen LogP contribution in [0.25, 0.3) is 11.0 Å². The molecule has 0 saturated heterocycles. The number of rotatable bonds is 3. The van der Waals surface area contributed by atoms with Gasteiger partial charge < -0.3 is 21.1 Å². The smallest absolute Gasteiger partial charge is 0.271 e. The molecule has 2 bridgehead atoms. The Morgan fingerprint density at radius 3 is 2.60 bits per heavy atom. The van der Waals surface area contributed by atoms with E-state index in [4.69, 9.17) is 5.73 Å². The topological polar surface area (TPSA) is 117 Å². The van der Waals surface area contributed by atoms with Gasteiger partial charge in [0.25, 0.3) is 5.91 Å². The maximum Gasteiger partial charge on any atom is 0.271 e. The zero-order valence-electron chi connectivity index (χ0n) is 14.7. The van der Waals surface area contributed by atoms with Crippen molar-refractivity contribution < 1.29 is 9.90 Å². The summed E-state index contributed by atoms with van der Waals surface area (Å²) in [5.41, 5.74) is 6.04. The van der Waals surface area contributed by atoms with E-state index in [9.17, 15) is 9.90 Å². The second-order valence-electron chi connectivity index (χ2n) is 8.36. The van der Waals surface area contributed by atoms with Crippen molar-refractivity contribution in [2.75, 3.05) is 5.32 Å². The number of H-pyrrole nitrogens is 1. The number of nitrogens with one attached hydrogen (secondary N) is 2. The van der Waals surface area contributed by atoms with Crippen molar-refractivity contribution in [1.29, 1.82) is 0 Å². The molecule has 2 saturated carbocycles. The summed E-state index contributed by atoms with van der Waals surface area (Å²) >= 11 is 0. The molecule has 134 valence electrons. The van der Waals surface area contributed by atoms with Crippen LogP contribution in [0.4, 0.5) is 5.69 Å². The third-order valence-electron chi connectivity index (χ3n) is 5.71. The van der Waals surface area contributed by atoms with E-state index >= 15 is 0 Å². The van der Waals surface area contributed by atoms with E-state index in [0.29, 0.717) is 29.6 Å². The Labute approximate surface area is 146 Å². The van der Waals surface area contributed by atoms with Crippen LogP contribution < -0.4 is 11.1 Å². The Balaban J connectivity index is 1.81. The molecular formula is C18H25N5O2. The zero-order chi connectivity index (χ0) is 17.8. The minimum atomic E-state index is -0.646. The molecule has 2 fully saturated rings. The summed E-state index contributed by atoms with van der Waals surface area (Å²) < 4.78 is 0. The standard InChI is InChI=1S/C18H25N5O2/c1-10-5-17(6-11(2)8-18(25,7-10)9-17)21-13-12-3-4-20-16(12)23-22-14(13)15(19)24/h3-4,10-11,25H,5-9H2,1-2H3,(H2,19,24)(H2,20,21,23)/t10-,11+,17+,18?. The molecule has 2 heterocycles. The minimum absolute atomic E-state index is 0.154. The van der Waals surface area contributed by atoms with Gasteiger partial charge in [-0.2, -0.15) is 0 Å². The van der Waals surface area contributed by atoms with Gasteiger partial charge in [0.2, 0.25) is 0 Å². The van der Waals surface area contributed by atoms with Gasteiger partial charge >= 0.3 is 0 Å². The molecular weight excluding hydrogens is 318 g/mol. The van der Waals surface area contributed by atoms with Crippen LogP contribution in [0.1, 0.15) is 56.4 Å². The first kappa shape index (κ1) is 16.3. The van der Waals surface area contributed by atoms with Gasteiger partial charge in [-0.25, -0.2) is 0 Å². The lowest BCUT2D eigenvalue weighted by molar-refractivity contribution is -0.0838. The van der Waals surface area contributed by atoms with E-state index in [1.54, 1.807) is 6.20 Å². The van der Waals surface area contributed by atoms with Crippen LogP contribution in [-0.2, 0) is 0 Å². The first-order chi connectivity index (χ1) is 11.8. The predicted octanol–water partition coefficient (Wildman–Crippen LogP) is 2.19. The lowest BCUT2D eigenvalue weighted by Gasteiger charge is -2.54. The van der Waals surface area contributed by atoms with Crippen molar-refractivity contribution >= 4 is 22.6 Å². The van der Waals surface area contributed by atoms with E-state index in [1.807, 2.05) is 6.07 Å². The number of aromatic amines is 1. The number of nitrogens with zero attached hydrogens (tertiary/aromatic N) is 2. The molecule has 5 N–H and O–H groups in total. The van der Waals surface area contributed by atoms with Crippen molar-refractivity contribution in [3.05, 3.63) is 18.0 Å². The highest BCUT2D eigenvalue weighted by molar-refractivity contribution is 6.04. The number of hydrogen-bond acceptors (Lipinski definition) is 5. The molecule has 25 heavy (non-hydrogen) atoms. The lowest BCUT2D eigenvalue weighted by Crippen LogP contribution is -2.57. The van der Waals surface area contributed by atoms with Crippen molar-refractivity contribution in [3.63, 3.8) is 0 Å². The lowest BCUT2D eigenvalue weighted by atomic mass is 9.59. The molecule has 4 rings (SSSR count). The Morgan fingerprint density at radius 2 is 1.96 bits per heavy atom. The molecule has 0 aliphatic heterocycles. The van der Waals surface area contributed by atoms with Crippen molar-refractivity contribution in [3.8, 4) is 0 Å². The maximum atomic E-state index is 11.9. The summed E-state index contributed by atoms with van der Waals surface area (Å²) in [6.45, 7) is 4.37. The fourth-order valence-corrected chi connectivity index (χ4v) is 5.49. The Morgan fingerprint density at radius 1 is 1.28 bits per heavy atom. The zero-order valence-corrected chi connectivity index (χ0v) is 14.7. The maximum absolute atomic E-state index is 11.9. The van der Waals surface area contributed by atoms with Crippen LogP contribution in [0.15, 0.2) is 12.3 Å². The molecule has 4 atom stereocenters. The van der Waals surface area contributed by atoms with Gasteiger partial charge in [-0.1, -0.05) is 13.8 Å². The number of primary amides is 1. The average molecular weight is 343 g/mol. The second-order valence-corrected chi connectivity index (χ2v) is 8.36. The van der Waals surface area contributed by atoms with E-state index in [-0.39, 0.29) is 11.2 Å². The van der Waals surface area contributed by atoms with Gasteiger partial charge in [0, 0.05) is 17.1 Å². The molecule has 1 unspecified atom stereocenters. The monoisotopic (exact) mass is 343 g/mol. The molecule has 0 aromatic carbocycles. The number of amides is 1.